The van der Waals surface area contributed by atoms with E-state index in [1.807, 2.05) is 42.5 Å². The summed E-state index contributed by atoms with van der Waals surface area (Å²) in [6.45, 7) is 3.60. The molecule has 0 N–H and O–H groups in total. The van der Waals surface area contributed by atoms with Crippen LogP contribution in [0.2, 0.25) is 0 Å². The molecule has 2 aliphatic rings. The van der Waals surface area contributed by atoms with Crippen LogP contribution in [0.3, 0.4) is 0 Å². The van der Waals surface area contributed by atoms with Gasteiger partial charge in [0.2, 0.25) is 0 Å². The number of ether oxygens (including phenoxy) is 2. The van der Waals surface area contributed by atoms with Crippen molar-refractivity contribution < 1.29 is 14.0 Å². The second-order valence-electron chi connectivity index (χ2n) is 8.74. The standard InChI is InChI=1S/C23H24N6O3/c1-23(6-8-31-9-7-23)22-25-21(32-27-22)20-18-10-14-12-28(2)26-19(14)16-11-15(30-3)4-5-17(16)29(18)13-24-20/h4-5,11-13H,6-10H2,1-3H3. The molecule has 0 unspecified atom stereocenters. The molecule has 0 atom stereocenters. The van der Waals surface area contributed by atoms with Crippen LogP contribution in [0.5, 0.6) is 5.75 Å². The topological polar surface area (TPSA) is 93.0 Å². The van der Waals surface area contributed by atoms with Crippen LogP contribution in [0, 0.1) is 0 Å². The maximum Gasteiger partial charge on any atom is 0.278 e. The van der Waals surface area contributed by atoms with E-state index in [4.69, 9.17) is 29.1 Å². The second kappa shape index (κ2) is 7.03. The molecule has 0 bridgehead atoms. The van der Waals surface area contributed by atoms with Crippen molar-refractivity contribution in [1.29, 1.82) is 0 Å². The number of aryl methyl sites for hydroxylation is 1. The molecule has 1 fully saturated rings. The normalized spacial score (nSPS) is 16.7. The van der Waals surface area contributed by atoms with Crippen LogP contribution in [-0.2, 0) is 23.6 Å². The Labute approximate surface area is 185 Å². The SMILES string of the molecule is COc1ccc2c(c1)-c1nn(C)cc1Cc1c(-c3nc(C4(C)CCOCC4)no3)ncn1-2. The number of fused-ring (bicyclic) bond motifs is 5. The summed E-state index contributed by atoms with van der Waals surface area (Å²) < 4.78 is 20.7. The Balaban J connectivity index is 1.48. The lowest BCUT2D eigenvalue weighted by atomic mass is 9.82. The van der Waals surface area contributed by atoms with Gasteiger partial charge in [0.1, 0.15) is 12.1 Å². The lowest BCUT2D eigenvalue weighted by molar-refractivity contribution is 0.0527. The van der Waals surface area contributed by atoms with E-state index < -0.39 is 0 Å². The van der Waals surface area contributed by atoms with Crippen LogP contribution < -0.4 is 4.74 Å². The molecular weight excluding hydrogens is 408 g/mol. The molecule has 1 saturated heterocycles. The summed E-state index contributed by atoms with van der Waals surface area (Å²) in [7, 11) is 3.61. The molecule has 9 heteroatoms. The van der Waals surface area contributed by atoms with Crippen molar-refractivity contribution in [3.63, 3.8) is 0 Å². The lowest BCUT2D eigenvalue weighted by Crippen LogP contribution is -2.31. The highest BCUT2D eigenvalue weighted by Gasteiger charge is 2.35. The van der Waals surface area contributed by atoms with Gasteiger partial charge in [-0.25, -0.2) is 4.98 Å². The number of aromatic nitrogens is 6. The van der Waals surface area contributed by atoms with Crippen LogP contribution in [0.1, 0.15) is 36.8 Å². The summed E-state index contributed by atoms with van der Waals surface area (Å²) in [4.78, 5) is 9.48. The quantitative estimate of drug-likeness (QED) is 0.432. The van der Waals surface area contributed by atoms with Gasteiger partial charge in [0.25, 0.3) is 5.89 Å². The summed E-state index contributed by atoms with van der Waals surface area (Å²) in [6.07, 6.45) is 6.27. The average Bonchev–Trinajstić information content (AvgIpc) is 3.51. The molecule has 0 amide bonds. The molecule has 0 saturated carbocycles. The third-order valence-electron chi connectivity index (χ3n) is 6.61. The highest BCUT2D eigenvalue weighted by atomic mass is 16.5. The van der Waals surface area contributed by atoms with Crippen molar-refractivity contribution in [1.82, 2.24) is 29.5 Å². The number of hydrogen-bond acceptors (Lipinski definition) is 7. The minimum absolute atomic E-state index is 0.143. The van der Waals surface area contributed by atoms with Crippen LogP contribution in [-0.4, -0.2) is 49.8 Å². The Hall–Kier alpha value is -3.46. The maximum absolute atomic E-state index is 5.73. The monoisotopic (exact) mass is 432 g/mol. The second-order valence-corrected chi connectivity index (χ2v) is 8.74. The zero-order valence-corrected chi connectivity index (χ0v) is 18.3. The largest absolute Gasteiger partial charge is 0.497 e. The van der Waals surface area contributed by atoms with Gasteiger partial charge in [-0.2, -0.15) is 10.1 Å². The molecule has 1 aromatic carbocycles. The first-order valence-corrected chi connectivity index (χ1v) is 10.8. The zero-order valence-electron chi connectivity index (χ0n) is 18.3. The minimum Gasteiger partial charge on any atom is -0.497 e. The number of rotatable bonds is 3. The van der Waals surface area contributed by atoms with Gasteiger partial charge in [0.15, 0.2) is 11.5 Å². The smallest absolute Gasteiger partial charge is 0.278 e. The average molecular weight is 432 g/mol. The molecule has 5 heterocycles. The molecule has 0 aliphatic carbocycles. The predicted octanol–water partition coefficient (Wildman–Crippen LogP) is 3.30. The van der Waals surface area contributed by atoms with Gasteiger partial charge in [0, 0.05) is 49.4 Å². The highest BCUT2D eigenvalue weighted by molar-refractivity contribution is 5.77. The van der Waals surface area contributed by atoms with Crippen molar-refractivity contribution in [2.45, 2.75) is 31.6 Å². The van der Waals surface area contributed by atoms with Crippen molar-refractivity contribution in [2.24, 2.45) is 7.05 Å². The van der Waals surface area contributed by atoms with E-state index in [1.54, 1.807) is 7.11 Å². The van der Waals surface area contributed by atoms with Crippen molar-refractivity contribution in [3.05, 3.63) is 47.8 Å². The fraction of sp³-hybridized carbons (Fsp3) is 0.391. The molecule has 32 heavy (non-hydrogen) atoms. The van der Waals surface area contributed by atoms with E-state index in [-0.39, 0.29) is 5.41 Å². The third-order valence-corrected chi connectivity index (χ3v) is 6.61. The summed E-state index contributed by atoms with van der Waals surface area (Å²) in [6, 6.07) is 6.01. The molecule has 164 valence electrons. The van der Waals surface area contributed by atoms with Gasteiger partial charge in [-0.05, 0) is 31.0 Å². The van der Waals surface area contributed by atoms with E-state index >= 15 is 0 Å². The Morgan fingerprint density at radius 1 is 1.16 bits per heavy atom. The lowest BCUT2D eigenvalue weighted by Gasteiger charge is -2.29. The van der Waals surface area contributed by atoms with Crippen LogP contribution >= 0.6 is 0 Å². The first-order chi connectivity index (χ1) is 15.6. The Morgan fingerprint density at radius 2 is 2.00 bits per heavy atom. The van der Waals surface area contributed by atoms with Gasteiger partial charge < -0.3 is 18.6 Å². The van der Waals surface area contributed by atoms with Crippen molar-refractivity contribution >= 4 is 0 Å². The first-order valence-electron chi connectivity index (χ1n) is 10.8. The number of nitrogens with zero attached hydrogens (tertiary/aromatic N) is 6. The molecule has 0 radical (unpaired) electrons. The maximum atomic E-state index is 5.73. The summed E-state index contributed by atoms with van der Waals surface area (Å²) in [5.74, 6) is 1.96. The van der Waals surface area contributed by atoms with Crippen molar-refractivity contribution in [2.75, 3.05) is 20.3 Å². The Morgan fingerprint density at radius 3 is 2.81 bits per heavy atom. The predicted molar refractivity (Wildman–Crippen MR) is 116 cm³/mol. The van der Waals surface area contributed by atoms with Gasteiger partial charge in [-0.3, -0.25) is 4.68 Å². The van der Waals surface area contributed by atoms with E-state index in [9.17, 15) is 0 Å². The van der Waals surface area contributed by atoms with Gasteiger partial charge in [-0.15, -0.1) is 0 Å². The molecular formula is C23H24N6O3. The Kier molecular flexibility index (Phi) is 4.23. The molecule has 6 rings (SSSR count). The molecule has 0 spiro atoms. The van der Waals surface area contributed by atoms with Crippen LogP contribution in [0.4, 0.5) is 0 Å². The summed E-state index contributed by atoms with van der Waals surface area (Å²) in [5.41, 5.74) is 5.61. The van der Waals surface area contributed by atoms with E-state index in [2.05, 4.69) is 16.6 Å². The molecule has 9 nitrogen and oxygen atoms in total. The minimum atomic E-state index is -0.143. The Bertz CT molecular complexity index is 1310. The molecule has 4 aromatic rings. The van der Waals surface area contributed by atoms with E-state index in [1.165, 1.54) is 0 Å². The van der Waals surface area contributed by atoms with Crippen LogP contribution in [0.25, 0.3) is 28.5 Å². The summed E-state index contributed by atoms with van der Waals surface area (Å²) >= 11 is 0. The van der Waals surface area contributed by atoms with Gasteiger partial charge in [-0.1, -0.05) is 12.1 Å². The number of benzene rings is 1. The van der Waals surface area contributed by atoms with E-state index in [0.29, 0.717) is 31.2 Å². The number of hydrogen-bond donors (Lipinski definition) is 0. The third kappa shape index (κ3) is 2.88. The fourth-order valence-corrected chi connectivity index (χ4v) is 4.66. The zero-order chi connectivity index (χ0) is 21.9. The van der Waals surface area contributed by atoms with E-state index in [0.717, 1.165) is 52.6 Å². The van der Waals surface area contributed by atoms with Gasteiger partial charge >= 0.3 is 0 Å². The first kappa shape index (κ1) is 19.2. The van der Waals surface area contributed by atoms with Gasteiger partial charge in [0.05, 0.1) is 24.2 Å². The fourth-order valence-electron chi connectivity index (χ4n) is 4.66. The molecule has 3 aromatic heterocycles. The number of imidazole rings is 1. The summed E-state index contributed by atoms with van der Waals surface area (Å²) in [5, 5.41) is 9.06. The van der Waals surface area contributed by atoms with Crippen LogP contribution in [0.15, 0.2) is 35.2 Å². The van der Waals surface area contributed by atoms with Crippen molar-refractivity contribution in [3.8, 4) is 34.3 Å². The molecule has 2 aliphatic heterocycles. The highest BCUT2D eigenvalue weighted by Crippen LogP contribution is 2.39. The number of methoxy groups -OCH3 is 1.